The number of hydrogen-bond donors (Lipinski definition) is 1. The summed E-state index contributed by atoms with van der Waals surface area (Å²) < 4.78 is 10.8. The third kappa shape index (κ3) is 2.71. The number of amides is 1. The highest BCUT2D eigenvalue weighted by Gasteiger charge is 2.56. The highest BCUT2D eigenvalue weighted by Crippen LogP contribution is 2.50. The summed E-state index contributed by atoms with van der Waals surface area (Å²) in [6.45, 7) is 1.53. The summed E-state index contributed by atoms with van der Waals surface area (Å²) in [7, 11) is 1.69. The number of carbonyl (C=O) groups is 1. The van der Waals surface area contributed by atoms with Gasteiger partial charge in [0.15, 0.2) is 0 Å². The Morgan fingerprint density at radius 1 is 1.32 bits per heavy atom. The van der Waals surface area contributed by atoms with Crippen molar-refractivity contribution in [3.05, 3.63) is 35.9 Å². The molecule has 1 aliphatic carbocycles. The maximum atomic E-state index is 12.1. The van der Waals surface area contributed by atoms with Crippen LogP contribution >= 0.6 is 0 Å². The van der Waals surface area contributed by atoms with Crippen LogP contribution in [0.25, 0.3) is 0 Å². The quantitative estimate of drug-likeness (QED) is 0.930. The normalized spacial score (nSPS) is 26.5. The van der Waals surface area contributed by atoms with Gasteiger partial charge in [-0.25, -0.2) is 4.79 Å². The molecular weight excluding hydrogens is 282 g/mol. The van der Waals surface area contributed by atoms with E-state index >= 15 is 0 Å². The number of ether oxygens (including phenoxy) is 2. The number of methoxy groups -OCH3 is 1. The molecule has 1 saturated heterocycles. The van der Waals surface area contributed by atoms with E-state index in [9.17, 15) is 9.90 Å². The summed E-state index contributed by atoms with van der Waals surface area (Å²) in [5, 5.41) is 10.1. The second-order valence-electron chi connectivity index (χ2n) is 6.24. The van der Waals surface area contributed by atoms with Crippen LogP contribution in [-0.4, -0.2) is 48.5 Å². The van der Waals surface area contributed by atoms with Crippen molar-refractivity contribution in [1.82, 2.24) is 4.90 Å². The predicted molar refractivity (Wildman–Crippen MR) is 81.3 cm³/mol. The Morgan fingerprint density at radius 2 is 2.00 bits per heavy atom. The van der Waals surface area contributed by atoms with Crippen LogP contribution in [-0.2, 0) is 16.1 Å². The van der Waals surface area contributed by atoms with Crippen LogP contribution in [0.15, 0.2) is 30.3 Å². The smallest absolute Gasteiger partial charge is 0.410 e. The third-order valence-electron chi connectivity index (χ3n) is 5.18. The zero-order valence-electron chi connectivity index (χ0n) is 12.9. The summed E-state index contributed by atoms with van der Waals surface area (Å²) in [4.78, 5) is 13.9. The van der Waals surface area contributed by atoms with Crippen molar-refractivity contribution in [1.29, 1.82) is 0 Å². The minimum absolute atomic E-state index is 0.116. The number of aliphatic hydroxyl groups excluding tert-OH is 1. The molecule has 120 valence electrons. The van der Waals surface area contributed by atoms with Crippen molar-refractivity contribution in [3.63, 3.8) is 0 Å². The first-order valence-electron chi connectivity index (χ1n) is 7.82. The van der Waals surface area contributed by atoms with Gasteiger partial charge in [0.1, 0.15) is 6.61 Å². The largest absolute Gasteiger partial charge is 0.445 e. The maximum absolute atomic E-state index is 12.1. The highest BCUT2D eigenvalue weighted by atomic mass is 16.6. The van der Waals surface area contributed by atoms with Gasteiger partial charge >= 0.3 is 6.09 Å². The van der Waals surface area contributed by atoms with Crippen LogP contribution in [0.2, 0.25) is 0 Å². The van der Waals surface area contributed by atoms with E-state index in [1.54, 1.807) is 12.0 Å². The van der Waals surface area contributed by atoms with E-state index < -0.39 is 0 Å². The molecular formula is C17H23NO4. The van der Waals surface area contributed by atoms with E-state index in [4.69, 9.17) is 9.47 Å². The van der Waals surface area contributed by atoms with Crippen LogP contribution in [0, 0.1) is 5.41 Å². The van der Waals surface area contributed by atoms with Crippen LogP contribution in [0.4, 0.5) is 4.79 Å². The third-order valence-corrected chi connectivity index (χ3v) is 5.18. The number of hydrogen-bond acceptors (Lipinski definition) is 4. The Bertz CT molecular complexity index is 511. The standard InChI is InChI=1S/C17H23NO4/c1-21-15-11-14(19)17(15)7-9-18(10-8-17)16(20)22-12-13-5-3-2-4-6-13/h2-6,14-15,19H,7-12H2,1H3. The van der Waals surface area contributed by atoms with Crippen molar-refractivity contribution < 1.29 is 19.4 Å². The fourth-order valence-electron chi connectivity index (χ4n) is 3.63. The second kappa shape index (κ2) is 6.26. The first kappa shape index (κ1) is 15.3. The molecule has 22 heavy (non-hydrogen) atoms. The molecule has 1 aliphatic heterocycles. The average molecular weight is 305 g/mol. The van der Waals surface area contributed by atoms with Crippen molar-refractivity contribution >= 4 is 6.09 Å². The van der Waals surface area contributed by atoms with Crippen molar-refractivity contribution in [2.45, 2.75) is 38.1 Å². The van der Waals surface area contributed by atoms with Crippen molar-refractivity contribution in [3.8, 4) is 0 Å². The van der Waals surface area contributed by atoms with Gasteiger partial charge < -0.3 is 19.5 Å². The molecule has 1 aromatic carbocycles. The van der Waals surface area contributed by atoms with Crippen LogP contribution in [0.5, 0.6) is 0 Å². The molecule has 1 amide bonds. The number of nitrogens with zero attached hydrogens (tertiary/aromatic N) is 1. The SMILES string of the molecule is COC1CC(O)C12CCN(C(=O)OCc1ccccc1)CC2. The van der Waals surface area contributed by atoms with Crippen molar-refractivity contribution in [2.24, 2.45) is 5.41 Å². The van der Waals surface area contributed by atoms with E-state index in [1.807, 2.05) is 30.3 Å². The molecule has 1 N–H and O–H groups in total. The summed E-state index contributed by atoms with van der Waals surface area (Å²) in [5.41, 5.74) is 0.823. The number of benzene rings is 1. The predicted octanol–water partition coefficient (Wildman–Crippen LogP) is 2.19. The Labute approximate surface area is 130 Å². The lowest BCUT2D eigenvalue weighted by Gasteiger charge is -2.56. The molecule has 2 unspecified atom stereocenters. The minimum Gasteiger partial charge on any atom is -0.445 e. The number of aliphatic hydroxyl groups is 1. The fraction of sp³-hybridized carbons (Fsp3) is 0.588. The number of likely N-dealkylation sites (tertiary alicyclic amines) is 1. The van der Waals surface area contributed by atoms with Gasteiger partial charge in [0.05, 0.1) is 12.2 Å². The molecule has 2 atom stereocenters. The molecule has 1 heterocycles. The van der Waals surface area contributed by atoms with E-state index in [2.05, 4.69) is 0 Å². The van der Waals surface area contributed by atoms with Gasteiger partial charge in [0.25, 0.3) is 0 Å². The first-order chi connectivity index (χ1) is 10.7. The van der Waals surface area contributed by atoms with Crippen LogP contribution in [0.1, 0.15) is 24.8 Å². The lowest BCUT2D eigenvalue weighted by molar-refractivity contribution is -0.199. The summed E-state index contributed by atoms with van der Waals surface area (Å²) >= 11 is 0. The van der Waals surface area contributed by atoms with E-state index in [0.717, 1.165) is 18.4 Å². The fourth-order valence-corrected chi connectivity index (χ4v) is 3.63. The minimum atomic E-state index is -0.306. The van der Waals surface area contributed by atoms with Gasteiger partial charge in [0.2, 0.25) is 0 Å². The molecule has 1 saturated carbocycles. The summed E-state index contributed by atoms with van der Waals surface area (Å²) in [6.07, 6.45) is 1.78. The van der Waals surface area contributed by atoms with Gasteiger partial charge in [-0.1, -0.05) is 30.3 Å². The number of piperidine rings is 1. The lowest BCUT2D eigenvalue weighted by atomic mass is 9.58. The molecule has 3 rings (SSSR count). The molecule has 5 nitrogen and oxygen atoms in total. The van der Waals surface area contributed by atoms with E-state index in [0.29, 0.717) is 26.1 Å². The topological polar surface area (TPSA) is 59.0 Å². The monoisotopic (exact) mass is 305 g/mol. The summed E-state index contributed by atoms with van der Waals surface area (Å²) in [5.74, 6) is 0. The average Bonchev–Trinajstić information content (AvgIpc) is 2.58. The molecule has 5 heteroatoms. The Balaban J connectivity index is 1.50. The van der Waals surface area contributed by atoms with Gasteiger partial charge in [-0.05, 0) is 18.4 Å². The zero-order valence-corrected chi connectivity index (χ0v) is 12.9. The van der Waals surface area contributed by atoms with Crippen molar-refractivity contribution in [2.75, 3.05) is 20.2 Å². The van der Waals surface area contributed by atoms with Gasteiger partial charge in [-0.15, -0.1) is 0 Å². The summed E-state index contributed by atoms with van der Waals surface area (Å²) in [6, 6.07) is 9.66. The molecule has 0 radical (unpaired) electrons. The van der Waals surface area contributed by atoms with E-state index in [-0.39, 0.29) is 23.7 Å². The first-order valence-corrected chi connectivity index (χ1v) is 7.82. The Hall–Kier alpha value is -1.59. The molecule has 1 aromatic rings. The van der Waals surface area contributed by atoms with Crippen LogP contribution in [0.3, 0.4) is 0 Å². The Morgan fingerprint density at radius 3 is 2.59 bits per heavy atom. The van der Waals surface area contributed by atoms with Gasteiger partial charge in [0, 0.05) is 32.0 Å². The zero-order chi connectivity index (χ0) is 15.6. The Kier molecular flexibility index (Phi) is 4.36. The molecule has 2 fully saturated rings. The molecule has 0 bridgehead atoms. The molecule has 1 spiro atoms. The molecule has 2 aliphatic rings. The lowest BCUT2D eigenvalue weighted by Crippen LogP contribution is -2.62. The number of rotatable bonds is 3. The highest BCUT2D eigenvalue weighted by molar-refractivity contribution is 5.67. The van der Waals surface area contributed by atoms with E-state index in [1.165, 1.54) is 0 Å². The maximum Gasteiger partial charge on any atom is 0.410 e. The molecule has 0 aromatic heterocycles. The van der Waals surface area contributed by atoms with Gasteiger partial charge in [-0.2, -0.15) is 0 Å². The number of carbonyl (C=O) groups excluding carboxylic acids is 1. The van der Waals surface area contributed by atoms with Gasteiger partial charge in [-0.3, -0.25) is 0 Å². The second-order valence-corrected chi connectivity index (χ2v) is 6.24. The van der Waals surface area contributed by atoms with Crippen LogP contribution < -0.4 is 0 Å².